The average molecular weight is 228 g/mol. The second kappa shape index (κ2) is 9.07. The summed E-state index contributed by atoms with van der Waals surface area (Å²) in [5.74, 6) is -0.994. The van der Waals surface area contributed by atoms with Crippen LogP contribution < -0.4 is 0 Å². The van der Waals surface area contributed by atoms with Crippen LogP contribution in [0, 0.1) is 0 Å². The van der Waals surface area contributed by atoms with E-state index < -0.39 is 5.97 Å². The Labute approximate surface area is 96.0 Å². The van der Waals surface area contributed by atoms with Crippen molar-refractivity contribution in [2.45, 2.75) is 58.3 Å². The van der Waals surface area contributed by atoms with E-state index >= 15 is 0 Å². The summed E-state index contributed by atoms with van der Waals surface area (Å²) in [7, 11) is 0. The minimum Gasteiger partial charge on any atom is -0.481 e. The molecule has 0 spiro atoms. The van der Waals surface area contributed by atoms with Crippen molar-refractivity contribution in [2.75, 3.05) is 0 Å². The quantitative estimate of drug-likeness (QED) is 0.582. The normalized spacial score (nSPS) is 10.1. The summed E-state index contributed by atoms with van der Waals surface area (Å²) in [5.41, 5.74) is 0. The molecular formula is C12H20O4. The Hall–Kier alpha value is -1.19. The van der Waals surface area contributed by atoms with Crippen LogP contribution in [0.5, 0.6) is 0 Å². The zero-order valence-corrected chi connectivity index (χ0v) is 9.83. The van der Waals surface area contributed by atoms with Gasteiger partial charge in [0.2, 0.25) is 0 Å². The Bertz CT molecular complexity index is 245. The van der Waals surface area contributed by atoms with Crippen molar-refractivity contribution in [3.05, 3.63) is 0 Å². The Morgan fingerprint density at radius 1 is 0.812 bits per heavy atom. The van der Waals surface area contributed by atoms with Gasteiger partial charge in [-0.15, -0.1) is 0 Å². The summed E-state index contributed by atoms with van der Waals surface area (Å²) >= 11 is 0. The molecule has 0 aliphatic carbocycles. The number of unbranched alkanes of at least 4 members (excludes halogenated alkanes) is 2. The number of aliphatic carboxylic acids is 1. The van der Waals surface area contributed by atoms with Crippen LogP contribution in [-0.4, -0.2) is 22.6 Å². The summed E-state index contributed by atoms with van der Waals surface area (Å²) in [4.78, 5) is 32.7. The second-order valence-electron chi connectivity index (χ2n) is 3.93. The zero-order valence-electron chi connectivity index (χ0n) is 9.83. The smallest absolute Gasteiger partial charge is 0.303 e. The maximum atomic E-state index is 11.3. The first kappa shape index (κ1) is 14.8. The van der Waals surface area contributed by atoms with E-state index in [1.165, 1.54) is 0 Å². The molecule has 0 heterocycles. The van der Waals surface area contributed by atoms with Crippen LogP contribution in [0.1, 0.15) is 58.3 Å². The first-order valence-electron chi connectivity index (χ1n) is 5.81. The van der Waals surface area contributed by atoms with E-state index in [1.807, 2.05) is 0 Å². The van der Waals surface area contributed by atoms with E-state index in [1.54, 1.807) is 0 Å². The highest BCUT2D eigenvalue weighted by molar-refractivity contribution is 5.87. The van der Waals surface area contributed by atoms with Crippen LogP contribution in [0.4, 0.5) is 0 Å². The number of carboxylic acids is 1. The van der Waals surface area contributed by atoms with Crippen LogP contribution in [-0.2, 0) is 14.4 Å². The molecule has 0 fully saturated rings. The number of hydrogen-bond donors (Lipinski definition) is 1. The lowest BCUT2D eigenvalue weighted by Gasteiger charge is -2.00. The maximum Gasteiger partial charge on any atom is 0.303 e. The average Bonchev–Trinajstić information content (AvgIpc) is 2.24. The van der Waals surface area contributed by atoms with E-state index in [9.17, 15) is 14.4 Å². The van der Waals surface area contributed by atoms with Crippen LogP contribution in [0.15, 0.2) is 0 Å². The minimum atomic E-state index is -0.970. The highest BCUT2D eigenvalue weighted by atomic mass is 16.4. The maximum absolute atomic E-state index is 11.3. The van der Waals surface area contributed by atoms with Gasteiger partial charge in [0, 0.05) is 25.7 Å². The molecule has 0 bridgehead atoms. The molecule has 0 amide bonds. The predicted molar refractivity (Wildman–Crippen MR) is 60.3 cm³/mol. The number of Topliss-reactive ketones (excluding diaryl/α,β-unsaturated/α-hetero) is 2. The number of ketones is 2. The Balaban J connectivity index is 3.51. The van der Waals surface area contributed by atoms with Crippen molar-refractivity contribution in [3.8, 4) is 0 Å². The fraction of sp³-hybridized carbons (Fsp3) is 0.750. The third kappa shape index (κ3) is 9.37. The first-order chi connectivity index (χ1) is 7.56. The van der Waals surface area contributed by atoms with Gasteiger partial charge < -0.3 is 5.11 Å². The summed E-state index contributed by atoms with van der Waals surface area (Å²) in [6.07, 6.45) is 3.91. The number of carbonyl (C=O) groups is 3. The largest absolute Gasteiger partial charge is 0.481 e. The van der Waals surface area contributed by atoms with Crippen LogP contribution in [0.25, 0.3) is 0 Å². The highest BCUT2D eigenvalue weighted by Gasteiger charge is 2.08. The molecular weight excluding hydrogens is 208 g/mol. The molecule has 0 rings (SSSR count). The standard InChI is InChI=1S/C12H20O4/c1-2-3-4-5-10(13)6-7-11(14)8-9-12(15)16/h2-9H2,1H3,(H,15,16). The van der Waals surface area contributed by atoms with Crippen molar-refractivity contribution >= 4 is 17.5 Å². The molecule has 0 aromatic carbocycles. The molecule has 0 saturated carbocycles. The lowest BCUT2D eigenvalue weighted by molar-refractivity contribution is -0.138. The molecule has 0 aromatic rings. The van der Waals surface area contributed by atoms with Crippen LogP contribution in [0.2, 0.25) is 0 Å². The van der Waals surface area contributed by atoms with E-state index in [4.69, 9.17) is 5.11 Å². The molecule has 0 saturated heterocycles. The summed E-state index contributed by atoms with van der Waals surface area (Å²) in [6.45, 7) is 2.07. The van der Waals surface area contributed by atoms with Crippen LogP contribution >= 0.6 is 0 Å². The Kier molecular flexibility index (Phi) is 8.39. The summed E-state index contributed by atoms with van der Waals surface area (Å²) < 4.78 is 0. The van der Waals surface area contributed by atoms with Gasteiger partial charge in [-0.3, -0.25) is 14.4 Å². The second-order valence-corrected chi connectivity index (χ2v) is 3.93. The Morgan fingerprint density at radius 2 is 1.31 bits per heavy atom. The van der Waals surface area contributed by atoms with Crippen molar-refractivity contribution in [2.24, 2.45) is 0 Å². The van der Waals surface area contributed by atoms with E-state index in [-0.39, 0.29) is 37.2 Å². The number of hydrogen-bond acceptors (Lipinski definition) is 3. The minimum absolute atomic E-state index is 0.0393. The third-order valence-electron chi connectivity index (χ3n) is 2.36. The number of carboxylic acid groups (broad SMARTS) is 1. The van der Waals surface area contributed by atoms with E-state index in [0.717, 1.165) is 19.3 Å². The van der Waals surface area contributed by atoms with Gasteiger partial charge >= 0.3 is 5.97 Å². The molecule has 1 N–H and O–H groups in total. The monoisotopic (exact) mass is 228 g/mol. The SMILES string of the molecule is CCCCCC(=O)CCC(=O)CCC(=O)O. The van der Waals surface area contributed by atoms with Crippen LogP contribution in [0.3, 0.4) is 0 Å². The van der Waals surface area contributed by atoms with Gasteiger partial charge in [0.05, 0.1) is 6.42 Å². The fourth-order valence-electron chi connectivity index (χ4n) is 1.35. The van der Waals surface area contributed by atoms with Crippen molar-refractivity contribution < 1.29 is 19.5 Å². The molecule has 4 nitrogen and oxygen atoms in total. The Morgan fingerprint density at radius 3 is 1.81 bits per heavy atom. The summed E-state index contributed by atoms with van der Waals surface area (Å²) in [5, 5.41) is 8.36. The molecule has 0 aromatic heterocycles. The highest BCUT2D eigenvalue weighted by Crippen LogP contribution is 2.05. The number of rotatable bonds is 10. The van der Waals surface area contributed by atoms with Gasteiger partial charge in [-0.25, -0.2) is 0 Å². The van der Waals surface area contributed by atoms with Gasteiger partial charge in [-0.2, -0.15) is 0 Å². The molecule has 16 heavy (non-hydrogen) atoms. The molecule has 0 aliphatic rings. The lowest BCUT2D eigenvalue weighted by Crippen LogP contribution is -2.06. The van der Waals surface area contributed by atoms with Crippen molar-refractivity contribution in [3.63, 3.8) is 0 Å². The van der Waals surface area contributed by atoms with E-state index in [2.05, 4.69) is 6.92 Å². The zero-order chi connectivity index (χ0) is 12.4. The first-order valence-corrected chi connectivity index (χ1v) is 5.81. The summed E-state index contributed by atoms with van der Waals surface area (Å²) in [6, 6.07) is 0. The molecule has 0 unspecified atom stereocenters. The molecule has 0 radical (unpaired) electrons. The van der Waals surface area contributed by atoms with Gasteiger partial charge in [-0.1, -0.05) is 19.8 Å². The molecule has 0 atom stereocenters. The van der Waals surface area contributed by atoms with Gasteiger partial charge in [-0.05, 0) is 6.42 Å². The van der Waals surface area contributed by atoms with Crippen molar-refractivity contribution in [1.29, 1.82) is 0 Å². The molecule has 4 heteroatoms. The van der Waals surface area contributed by atoms with Crippen molar-refractivity contribution in [1.82, 2.24) is 0 Å². The molecule has 0 aliphatic heterocycles. The van der Waals surface area contributed by atoms with Gasteiger partial charge in [0.1, 0.15) is 11.6 Å². The van der Waals surface area contributed by atoms with E-state index in [0.29, 0.717) is 6.42 Å². The van der Waals surface area contributed by atoms with Gasteiger partial charge in [0.25, 0.3) is 0 Å². The predicted octanol–water partition coefficient (Wildman–Crippen LogP) is 2.35. The number of carbonyl (C=O) groups excluding carboxylic acids is 2. The van der Waals surface area contributed by atoms with Gasteiger partial charge in [0.15, 0.2) is 0 Å². The lowest BCUT2D eigenvalue weighted by atomic mass is 10.0. The topological polar surface area (TPSA) is 71.4 Å². The fourth-order valence-corrected chi connectivity index (χ4v) is 1.35. The third-order valence-corrected chi connectivity index (χ3v) is 2.36. The molecule has 92 valence electrons.